The third-order valence-electron chi connectivity index (χ3n) is 6.59. The van der Waals surface area contributed by atoms with Gasteiger partial charge in [0, 0.05) is 57.8 Å². The van der Waals surface area contributed by atoms with Gasteiger partial charge in [-0.05, 0) is 56.5 Å². The van der Waals surface area contributed by atoms with Crippen molar-refractivity contribution < 1.29 is 13.9 Å². The zero-order valence-corrected chi connectivity index (χ0v) is 21.5. The van der Waals surface area contributed by atoms with Crippen LogP contribution < -0.4 is 10.1 Å². The normalized spacial score (nSPS) is 14.6. The Hall–Kier alpha value is -3.16. The molecule has 192 valence electrons. The number of nitrogens with zero attached hydrogens (tertiary/aromatic N) is 3. The van der Waals surface area contributed by atoms with Crippen molar-refractivity contribution >= 4 is 5.91 Å². The third-order valence-corrected chi connectivity index (χ3v) is 6.59. The number of aromatic nitrogens is 1. The van der Waals surface area contributed by atoms with Crippen LogP contribution >= 0.6 is 0 Å². The number of hydrogen-bond donors (Lipinski definition) is 1. The minimum atomic E-state index is 0.102. The van der Waals surface area contributed by atoms with Gasteiger partial charge in [-0.3, -0.25) is 14.6 Å². The van der Waals surface area contributed by atoms with Crippen molar-refractivity contribution in [2.24, 2.45) is 0 Å². The molecule has 0 atom stereocenters. The Balaban J connectivity index is 1.11. The van der Waals surface area contributed by atoms with Crippen LogP contribution in [0.5, 0.6) is 5.75 Å². The Morgan fingerprint density at radius 3 is 2.47 bits per heavy atom. The number of piperazine rings is 1. The number of benzene rings is 2. The maximum Gasteiger partial charge on any atom is 0.226 e. The zero-order valence-electron chi connectivity index (χ0n) is 21.5. The van der Waals surface area contributed by atoms with Crippen molar-refractivity contribution in [1.82, 2.24) is 20.1 Å². The molecule has 1 aromatic heterocycles. The number of amides is 1. The van der Waals surface area contributed by atoms with E-state index in [1.807, 2.05) is 38.1 Å². The van der Waals surface area contributed by atoms with Crippen LogP contribution in [0.4, 0.5) is 0 Å². The molecule has 1 fully saturated rings. The molecule has 2 aromatic carbocycles. The highest BCUT2D eigenvalue weighted by atomic mass is 16.5. The van der Waals surface area contributed by atoms with E-state index in [9.17, 15) is 4.79 Å². The maximum absolute atomic E-state index is 12.3. The van der Waals surface area contributed by atoms with E-state index >= 15 is 0 Å². The van der Waals surface area contributed by atoms with Crippen molar-refractivity contribution in [3.63, 3.8) is 0 Å². The summed E-state index contributed by atoms with van der Waals surface area (Å²) >= 11 is 0. The molecule has 2 heterocycles. The van der Waals surface area contributed by atoms with Crippen molar-refractivity contribution in [1.29, 1.82) is 0 Å². The number of nitrogens with one attached hydrogen (secondary N) is 1. The predicted molar refractivity (Wildman–Crippen MR) is 142 cm³/mol. The van der Waals surface area contributed by atoms with Gasteiger partial charge in [0.25, 0.3) is 0 Å². The Kier molecular flexibility index (Phi) is 9.53. The average Bonchev–Trinajstić information content (AvgIpc) is 3.26. The molecule has 1 amide bonds. The summed E-state index contributed by atoms with van der Waals surface area (Å²) in [5.41, 5.74) is 3.21. The second-order valence-electron chi connectivity index (χ2n) is 9.29. The summed E-state index contributed by atoms with van der Waals surface area (Å²) in [6.07, 6.45) is 1.97. The highest BCUT2D eigenvalue weighted by Gasteiger charge is 2.17. The van der Waals surface area contributed by atoms with E-state index in [0.29, 0.717) is 25.5 Å². The molecule has 0 saturated carbocycles. The largest absolute Gasteiger partial charge is 0.494 e. The van der Waals surface area contributed by atoms with Gasteiger partial charge in [0.1, 0.15) is 11.5 Å². The van der Waals surface area contributed by atoms with Crippen LogP contribution in [0.2, 0.25) is 0 Å². The number of carbonyl (C=O) groups excluding carboxylic acids is 1. The second kappa shape index (κ2) is 13.2. The third kappa shape index (κ3) is 7.67. The first-order valence-electron chi connectivity index (χ1n) is 13.1. The molecule has 0 spiro atoms. The van der Waals surface area contributed by atoms with Gasteiger partial charge >= 0.3 is 0 Å². The van der Waals surface area contributed by atoms with Gasteiger partial charge in [-0.2, -0.15) is 0 Å². The molecule has 7 nitrogen and oxygen atoms in total. The van der Waals surface area contributed by atoms with Crippen molar-refractivity contribution in [3.8, 4) is 17.2 Å². The van der Waals surface area contributed by atoms with Crippen LogP contribution in [0.1, 0.15) is 36.8 Å². The second-order valence-corrected chi connectivity index (χ2v) is 9.29. The van der Waals surface area contributed by atoms with Crippen molar-refractivity contribution in [2.75, 3.05) is 45.9 Å². The summed E-state index contributed by atoms with van der Waals surface area (Å²) in [4.78, 5) is 21.9. The molecule has 0 bridgehead atoms. The molecule has 1 saturated heterocycles. The number of rotatable bonds is 12. The lowest BCUT2D eigenvalue weighted by atomic mass is 10.1. The summed E-state index contributed by atoms with van der Waals surface area (Å²) in [7, 11) is 0. The number of aryl methyl sites for hydroxylation is 2. The van der Waals surface area contributed by atoms with Crippen molar-refractivity contribution in [2.45, 2.75) is 39.7 Å². The molecular weight excluding hydrogens is 452 g/mol. The van der Waals surface area contributed by atoms with Gasteiger partial charge in [-0.1, -0.05) is 30.3 Å². The Labute approximate surface area is 214 Å². The van der Waals surface area contributed by atoms with E-state index in [4.69, 9.17) is 9.15 Å². The lowest BCUT2D eigenvalue weighted by molar-refractivity contribution is -0.121. The Morgan fingerprint density at radius 1 is 1.03 bits per heavy atom. The molecule has 4 rings (SSSR count). The lowest BCUT2D eigenvalue weighted by Gasteiger charge is -2.34. The SMILES string of the molecule is CCOc1ccc(-c2nc(CCCC(=O)NCCN3CCN(Cc4ccccc4)CC3)c(C)o2)cc1. The minimum Gasteiger partial charge on any atom is -0.494 e. The van der Waals surface area contributed by atoms with Gasteiger partial charge in [-0.25, -0.2) is 4.98 Å². The molecule has 36 heavy (non-hydrogen) atoms. The molecule has 1 aliphatic heterocycles. The highest BCUT2D eigenvalue weighted by Crippen LogP contribution is 2.25. The summed E-state index contributed by atoms with van der Waals surface area (Å²) in [6, 6.07) is 18.4. The van der Waals surface area contributed by atoms with Gasteiger partial charge < -0.3 is 14.5 Å². The number of oxazole rings is 1. The van der Waals surface area contributed by atoms with Gasteiger partial charge in [-0.15, -0.1) is 0 Å². The van der Waals surface area contributed by atoms with E-state index < -0.39 is 0 Å². The monoisotopic (exact) mass is 490 g/mol. The fraction of sp³-hybridized carbons (Fsp3) is 0.448. The summed E-state index contributed by atoms with van der Waals surface area (Å²) in [5.74, 6) is 2.36. The molecule has 7 heteroatoms. The van der Waals surface area contributed by atoms with Gasteiger partial charge in [0.05, 0.1) is 12.3 Å². The summed E-state index contributed by atoms with van der Waals surface area (Å²) in [6.45, 7) is 11.4. The molecule has 0 aliphatic carbocycles. The van der Waals surface area contributed by atoms with E-state index in [1.165, 1.54) is 5.56 Å². The quantitative estimate of drug-likeness (QED) is 0.408. The van der Waals surface area contributed by atoms with Crippen molar-refractivity contribution in [3.05, 3.63) is 71.6 Å². The number of hydrogen-bond acceptors (Lipinski definition) is 6. The zero-order chi connectivity index (χ0) is 25.2. The summed E-state index contributed by atoms with van der Waals surface area (Å²) < 4.78 is 11.4. The lowest BCUT2D eigenvalue weighted by Crippen LogP contribution is -2.48. The van der Waals surface area contributed by atoms with Crippen LogP contribution in [0.25, 0.3) is 11.5 Å². The molecular formula is C29H38N4O3. The van der Waals surface area contributed by atoms with Gasteiger partial charge in [0.15, 0.2) is 0 Å². The van der Waals surface area contributed by atoms with Crippen LogP contribution in [-0.2, 0) is 17.8 Å². The molecule has 3 aromatic rings. The maximum atomic E-state index is 12.3. The first-order chi connectivity index (χ1) is 17.6. The highest BCUT2D eigenvalue weighted by molar-refractivity contribution is 5.75. The fourth-order valence-electron chi connectivity index (χ4n) is 4.51. The Bertz CT molecular complexity index is 1070. The first kappa shape index (κ1) is 25.9. The minimum absolute atomic E-state index is 0.102. The fourth-order valence-corrected chi connectivity index (χ4v) is 4.51. The van der Waals surface area contributed by atoms with E-state index in [2.05, 4.69) is 50.4 Å². The standard InChI is InChI=1S/C29H38N4O3/c1-3-35-26-14-12-25(13-15-26)29-31-27(23(2)36-29)10-7-11-28(34)30-16-17-32-18-20-33(21-19-32)22-24-8-5-4-6-9-24/h4-6,8-9,12-15H,3,7,10-11,16-22H2,1-2H3,(H,30,34). The first-order valence-corrected chi connectivity index (χ1v) is 13.1. The average molecular weight is 491 g/mol. The van der Waals surface area contributed by atoms with Gasteiger partial charge in [0.2, 0.25) is 11.8 Å². The topological polar surface area (TPSA) is 70.8 Å². The molecule has 1 aliphatic rings. The van der Waals surface area contributed by atoms with Crippen LogP contribution in [0, 0.1) is 6.92 Å². The van der Waals surface area contributed by atoms with E-state index in [1.54, 1.807) is 0 Å². The Morgan fingerprint density at radius 2 is 1.75 bits per heavy atom. The van der Waals surface area contributed by atoms with Crippen LogP contribution in [-0.4, -0.2) is 66.6 Å². The molecule has 0 radical (unpaired) electrons. The summed E-state index contributed by atoms with van der Waals surface area (Å²) in [5, 5.41) is 3.08. The van der Waals surface area contributed by atoms with E-state index in [0.717, 1.165) is 74.9 Å². The smallest absolute Gasteiger partial charge is 0.226 e. The molecule has 1 N–H and O–H groups in total. The predicted octanol–water partition coefficient (Wildman–Crippen LogP) is 4.31. The number of ether oxygens (including phenoxy) is 1. The van der Waals surface area contributed by atoms with E-state index in [-0.39, 0.29) is 5.91 Å². The number of carbonyl (C=O) groups is 1. The molecule has 0 unspecified atom stereocenters. The van der Waals surface area contributed by atoms with Crippen LogP contribution in [0.3, 0.4) is 0 Å². The van der Waals surface area contributed by atoms with Crippen LogP contribution in [0.15, 0.2) is 59.0 Å².